The minimum atomic E-state index is 0.0508. The third-order valence-electron chi connectivity index (χ3n) is 3.60. The van der Waals surface area contributed by atoms with Gasteiger partial charge in [0.2, 0.25) is 0 Å². The van der Waals surface area contributed by atoms with E-state index in [1.54, 1.807) is 30.4 Å². The van der Waals surface area contributed by atoms with Crippen molar-refractivity contribution >= 4 is 0 Å². The lowest BCUT2D eigenvalue weighted by Crippen LogP contribution is -1.93. The Morgan fingerprint density at radius 3 is 2.44 bits per heavy atom. The number of hydrogen-bond acceptors (Lipinski definition) is 5. The summed E-state index contributed by atoms with van der Waals surface area (Å²) in [6.45, 7) is 3.73. The van der Waals surface area contributed by atoms with E-state index in [1.807, 2.05) is 6.07 Å². The van der Waals surface area contributed by atoms with Gasteiger partial charge in [0.1, 0.15) is 5.75 Å². The van der Waals surface area contributed by atoms with Crippen LogP contribution in [-0.4, -0.2) is 24.4 Å². The first kappa shape index (κ1) is 18.3. The van der Waals surface area contributed by atoms with Crippen LogP contribution >= 0.6 is 0 Å². The Bertz CT molecular complexity index is 765. The number of hydrogen-bond donors (Lipinski definition) is 2. The molecular formula is C20H22O5. The van der Waals surface area contributed by atoms with Gasteiger partial charge in [-0.1, -0.05) is 12.1 Å². The summed E-state index contributed by atoms with van der Waals surface area (Å²) in [5.41, 5.74) is 1.75. The zero-order chi connectivity index (χ0) is 18.2. The third-order valence-corrected chi connectivity index (χ3v) is 3.60. The summed E-state index contributed by atoms with van der Waals surface area (Å²) in [6.07, 6.45) is 6.27. The Morgan fingerprint density at radius 2 is 1.76 bits per heavy atom. The van der Waals surface area contributed by atoms with E-state index in [2.05, 4.69) is 6.58 Å². The van der Waals surface area contributed by atoms with Gasteiger partial charge in [0.25, 0.3) is 0 Å². The van der Waals surface area contributed by atoms with Gasteiger partial charge in [0, 0.05) is 11.6 Å². The molecule has 0 amide bonds. The van der Waals surface area contributed by atoms with E-state index < -0.39 is 0 Å². The number of aromatic hydroxyl groups is 2. The quantitative estimate of drug-likeness (QED) is 0.561. The largest absolute Gasteiger partial charge is 0.504 e. The number of ether oxygens (including phenoxy) is 3. The molecule has 0 bridgehead atoms. The zero-order valence-electron chi connectivity index (χ0n) is 14.4. The molecule has 2 N–H and O–H groups in total. The maximum Gasteiger partial charge on any atom is 0.164 e. The smallest absolute Gasteiger partial charge is 0.164 e. The molecule has 0 unspecified atom stereocenters. The molecule has 0 radical (unpaired) electrons. The average Bonchev–Trinajstić information content (AvgIpc) is 2.62. The fraction of sp³-hybridized carbons (Fsp3) is 0.200. The molecule has 0 atom stereocenters. The summed E-state index contributed by atoms with van der Waals surface area (Å²) in [7, 11) is 2.99. The monoisotopic (exact) mass is 342 g/mol. The van der Waals surface area contributed by atoms with Crippen LogP contribution in [0.2, 0.25) is 0 Å². The van der Waals surface area contributed by atoms with Gasteiger partial charge in [-0.2, -0.15) is 0 Å². The van der Waals surface area contributed by atoms with Gasteiger partial charge in [-0.05, 0) is 42.7 Å². The Balaban J connectivity index is 2.08. The summed E-state index contributed by atoms with van der Waals surface area (Å²) >= 11 is 0. The molecule has 5 nitrogen and oxygen atoms in total. The highest BCUT2D eigenvalue weighted by Gasteiger charge is 2.09. The van der Waals surface area contributed by atoms with Crippen molar-refractivity contribution in [1.29, 1.82) is 0 Å². The van der Waals surface area contributed by atoms with Crippen molar-refractivity contribution in [2.75, 3.05) is 14.2 Å². The lowest BCUT2D eigenvalue weighted by molar-refractivity contribution is 0.369. The molecule has 132 valence electrons. The van der Waals surface area contributed by atoms with Crippen molar-refractivity contribution in [3.63, 3.8) is 0 Å². The lowest BCUT2D eigenvalue weighted by Gasteiger charge is -2.10. The van der Waals surface area contributed by atoms with Crippen LogP contribution in [0.1, 0.15) is 11.1 Å². The van der Waals surface area contributed by atoms with Crippen LogP contribution in [-0.2, 0) is 12.8 Å². The van der Waals surface area contributed by atoms with Crippen LogP contribution in [0, 0.1) is 0 Å². The summed E-state index contributed by atoms with van der Waals surface area (Å²) < 4.78 is 15.7. The number of allylic oxidation sites excluding steroid dienone is 2. The van der Waals surface area contributed by atoms with Gasteiger partial charge in [-0.25, -0.2) is 0 Å². The maximum absolute atomic E-state index is 10.2. The molecule has 0 aliphatic carbocycles. The minimum absolute atomic E-state index is 0.0508. The second-order valence-electron chi connectivity index (χ2n) is 5.33. The molecule has 0 aromatic heterocycles. The van der Waals surface area contributed by atoms with Gasteiger partial charge >= 0.3 is 0 Å². The van der Waals surface area contributed by atoms with Gasteiger partial charge in [-0.15, -0.1) is 6.58 Å². The normalized spacial score (nSPS) is 10.6. The Hall–Kier alpha value is -3.08. The molecule has 5 heteroatoms. The Labute approximate surface area is 147 Å². The number of phenols is 2. The second-order valence-corrected chi connectivity index (χ2v) is 5.33. The van der Waals surface area contributed by atoms with E-state index in [4.69, 9.17) is 14.2 Å². The van der Waals surface area contributed by atoms with Crippen LogP contribution in [0.4, 0.5) is 0 Å². The van der Waals surface area contributed by atoms with E-state index in [0.29, 0.717) is 30.1 Å². The fourth-order valence-electron chi connectivity index (χ4n) is 2.36. The molecular weight excluding hydrogens is 320 g/mol. The summed E-state index contributed by atoms with van der Waals surface area (Å²) in [6, 6.07) is 8.42. The van der Waals surface area contributed by atoms with Gasteiger partial charge in [0.05, 0.1) is 20.5 Å². The predicted octanol–water partition coefficient (Wildman–Crippen LogP) is 3.98. The average molecular weight is 342 g/mol. The molecule has 0 aliphatic heterocycles. The molecule has 2 aromatic rings. The van der Waals surface area contributed by atoms with Crippen molar-refractivity contribution in [3.8, 4) is 28.7 Å². The van der Waals surface area contributed by atoms with Crippen LogP contribution in [0.3, 0.4) is 0 Å². The number of phenolic OH excluding ortho intramolecular Hbond substituents is 2. The predicted molar refractivity (Wildman–Crippen MR) is 96.7 cm³/mol. The van der Waals surface area contributed by atoms with E-state index >= 15 is 0 Å². The Morgan fingerprint density at radius 1 is 1.00 bits per heavy atom. The molecule has 0 saturated carbocycles. The van der Waals surface area contributed by atoms with Gasteiger partial charge < -0.3 is 24.4 Å². The molecule has 0 aliphatic rings. The SMILES string of the molecule is C=CCc1cc(CC=COc2ccc(O)c(OC)c2)c(O)c(OC)c1. The molecule has 25 heavy (non-hydrogen) atoms. The van der Waals surface area contributed by atoms with Crippen molar-refractivity contribution in [3.05, 3.63) is 66.5 Å². The van der Waals surface area contributed by atoms with Gasteiger partial charge in [-0.3, -0.25) is 0 Å². The van der Waals surface area contributed by atoms with E-state index in [0.717, 1.165) is 11.1 Å². The summed E-state index contributed by atoms with van der Waals surface area (Å²) in [5, 5.41) is 19.8. The summed E-state index contributed by atoms with van der Waals surface area (Å²) in [5.74, 6) is 1.48. The second kappa shape index (κ2) is 8.68. The topological polar surface area (TPSA) is 68.2 Å². The van der Waals surface area contributed by atoms with E-state index in [9.17, 15) is 10.2 Å². The summed E-state index contributed by atoms with van der Waals surface area (Å²) in [4.78, 5) is 0. The first-order valence-electron chi connectivity index (χ1n) is 7.77. The molecule has 0 fully saturated rings. The van der Waals surface area contributed by atoms with Crippen molar-refractivity contribution in [2.45, 2.75) is 12.8 Å². The van der Waals surface area contributed by atoms with Crippen molar-refractivity contribution in [2.24, 2.45) is 0 Å². The van der Waals surface area contributed by atoms with Gasteiger partial charge in [0.15, 0.2) is 23.0 Å². The molecule has 0 spiro atoms. The first-order valence-corrected chi connectivity index (χ1v) is 7.77. The highest BCUT2D eigenvalue weighted by atomic mass is 16.5. The maximum atomic E-state index is 10.2. The van der Waals surface area contributed by atoms with Crippen LogP contribution in [0.15, 0.2) is 55.3 Å². The number of methoxy groups -OCH3 is 2. The number of benzene rings is 2. The third kappa shape index (κ3) is 4.70. The lowest BCUT2D eigenvalue weighted by atomic mass is 10.0. The van der Waals surface area contributed by atoms with Crippen molar-refractivity contribution < 1.29 is 24.4 Å². The zero-order valence-corrected chi connectivity index (χ0v) is 14.4. The van der Waals surface area contributed by atoms with E-state index in [-0.39, 0.29) is 11.5 Å². The fourth-order valence-corrected chi connectivity index (χ4v) is 2.36. The van der Waals surface area contributed by atoms with Crippen LogP contribution < -0.4 is 14.2 Å². The minimum Gasteiger partial charge on any atom is -0.504 e. The number of rotatable bonds is 8. The molecule has 0 saturated heterocycles. The van der Waals surface area contributed by atoms with Crippen LogP contribution in [0.25, 0.3) is 0 Å². The first-order chi connectivity index (χ1) is 12.1. The Kier molecular flexibility index (Phi) is 6.34. The van der Waals surface area contributed by atoms with Crippen molar-refractivity contribution in [1.82, 2.24) is 0 Å². The molecule has 2 rings (SSSR count). The van der Waals surface area contributed by atoms with E-state index in [1.165, 1.54) is 26.5 Å². The van der Waals surface area contributed by atoms with Crippen LogP contribution in [0.5, 0.6) is 28.7 Å². The molecule has 2 aromatic carbocycles. The standard InChI is InChI=1S/C20H22O5/c1-4-6-14-11-15(20(22)19(12-14)24-3)7-5-10-25-16-8-9-17(21)18(13-16)23-2/h4-5,8-13,21-22H,1,6-7H2,2-3H3. The molecule has 0 heterocycles. The highest BCUT2D eigenvalue weighted by molar-refractivity contribution is 5.49. The highest BCUT2D eigenvalue weighted by Crippen LogP contribution is 2.32.